The first-order chi connectivity index (χ1) is 14.3. The third kappa shape index (κ3) is 7.24. The molecule has 8 nitrogen and oxygen atoms in total. The molecule has 0 heterocycles. The molecule has 1 unspecified atom stereocenters. The average Bonchev–Trinajstić information content (AvgIpc) is 3.19. The van der Waals surface area contributed by atoms with Gasteiger partial charge in [-0.15, -0.1) is 0 Å². The molecule has 0 spiro atoms. The van der Waals surface area contributed by atoms with Crippen LogP contribution in [0.1, 0.15) is 51.5 Å². The lowest BCUT2D eigenvalue weighted by Gasteiger charge is -2.19. The van der Waals surface area contributed by atoms with Crippen LogP contribution < -0.4 is 25.8 Å². The van der Waals surface area contributed by atoms with Crippen LogP contribution in [0.15, 0.2) is 23.2 Å². The molecule has 1 aliphatic carbocycles. The Labute approximate surface area is 178 Å². The molecule has 0 aliphatic heterocycles. The van der Waals surface area contributed by atoms with Crippen LogP contribution in [-0.2, 0) is 16.0 Å². The predicted octanol–water partition coefficient (Wildman–Crippen LogP) is 2.15. The van der Waals surface area contributed by atoms with Gasteiger partial charge in [-0.25, -0.2) is 4.99 Å². The van der Waals surface area contributed by atoms with E-state index >= 15 is 0 Å². The van der Waals surface area contributed by atoms with E-state index in [-0.39, 0.29) is 36.2 Å². The summed E-state index contributed by atoms with van der Waals surface area (Å²) in [6, 6.07) is 4.85. The van der Waals surface area contributed by atoms with Gasteiger partial charge in [0.05, 0.1) is 20.6 Å². The van der Waals surface area contributed by atoms with Crippen molar-refractivity contribution in [3.8, 4) is 11.5 Å². The van der Waals surface area contributed by atoms with Crippen LogP contribution in [0, 0.1) is 5.92 Å². The van der Waals surface area contributed by atoms with Gasteiger partial charge < -0.3 is 20.5 Å². The number of hydrogen-bond donors (Lipinski definition) is 3. The first-order valence-electron chi connectivity index (χ1n) is 10.5. The minimum Gasteiger partial charge on any atom is -0.493 e. The molecule has 1 atom stereocenters. The summed E-state index contributed by atoms with van der Waals surface area (Å²) >= 11 is 0. The van der Waals surface area contributed by atoms with Crippen LogP contribution in [0.4, 0.5) is 0 Å². The summed E-state index contributed by atoms with van der Waals surface area (Å²) in [6.45, 7) is 4.05. The first-order valence-corrected chi connectivity index (χ1v) is 10.5. The van der Waals surface area contributed by atoms with Gasteiger partial charge in [-0.2, -0.15) is 0 Å². The minimum absolute atomic E-state index is 0.0484. The van der Waals surface area contributed by atoms with E-state index in [1.54, 1.807) is 25.3 Å². The highest BCUT2D eigenvalue weighted by Gasteiger charge is 2.24. The fourth-order valence-corrected chi connectivity index (χ4v) is 3.60. The number of ether oxygens (including phenoxy) is 2. The largest absolute Gasteiger partial charge is 0.493 e. The molecule has 1 aliphatic rings. The van der Waals surface area contributed by atoms with Gasteiger partial charge in [0, 0.05) is 6.04 Å². The Morgan fingerprint density at radius 1 is 1.17 bits per heavy atom. The minimum atomic E-state index is -0.619. The van der Waals surface area contributed by atoms with Crippen molar-refractivity contribution in [1.82, 2.24) is 10.6 Å². The Hall–Kier alpha value is -2.77. The number of amides is 2. The number of nitrogens with zero attached hydrogens (tertiary/aromatic N) is 1. The summed E-state index contributed by atoms with van der Waals surface area (Å²) in [4.78, 5) is 29.4. The van der Waals surface area contributed by atoms with Gasteiger partial charge in [0.2, 0.25) is 11.8 Å². The van der Waals surface area contributed by atoms with E-state index in [4.69, 9.17) is 15.2 Å². The van der Waals surface area contributed by atoms with Gasteiger partial charge in [0.15, 0.2) is 17.5 Å². The standard InChI is InChI=1S/C22H34N4O4/c1-14(2)11-17(21(28)24-16-7-5-6-8-16)25-22(23)26-20(27)13-15-9-10-18(29-3)19(12-15)30-4/h9-10,12,14,16-17H,5-8,11,13H2,1-4H3,(H,24,28)(H3,23,25,26,27). The van der Waals surface area contributed by atoms with Crippen molar-refractivity contribution in [2.24, 2.45) is 16.6 Å². The molecule has 2 amide bonds. The predicted molar refractivity (Wildman–Crippen MR) is 117 cm³/mol. The summed E-state index contributed by atoms with van der Waals surface area (Å²) in [5.74, 6) is 0.907. The number of carbonyl (C=O) groups is 2. The van der Waals surface area contributed by atoms with E-state index in [0.29, 0.717) is 17.9 Å². The topological polar surface area (TPSA) is 115 Å². The van der Waals surface area contributed by atoms with Gasteiger partial charge in [-0.05, 0) is 42.9 Å². The van der Waals surface area contributed by atoms with Crippen molar-refractivity contribution in [3.05, 3.63) is 23.8 Å². The number of nitrogens with two attached hydrogens (primary N) is 1. The molecular formula is C22H34N4O4. The van der Waals surface area contributed by atoms with Crippen LogP contribution in [0.5, 0.6) is 11.5 Å². The Morgan fingerprint density at radius 3 is 2.43 bits per heavy atom. The van der Waals surface area contributed by atoms with E-state index < -0.39 is 6.04 Å². The lowest BCUT2D eigenvalue weighted by molar-refractivity contribution is -0.123. The van der Waals surface area contributed by atoms with Gasteiger partial charge in [-0.1, -0.05) is 32.8 Å². The van der Waals surface area contributed by atoms with E-state index in [2.05, 4.69) is 15.6 Å². The molecule has 4 N–H and O–H groups in total. The monoisotopic (exact) mass is 418 g/mol. The highest BCUT2D eigenvalue weighted by molar-refractivity contribution is 5.98. The average molecular weight is 419 g/mol. The SMILES string of the molecule is COc1ccc(CC(=O)NC(N)=NC(CC(C)C)C(=O)NC2CCCC2)cc1OC. The highest BCUT2D eigenvalue weighted by atomic mass is 16.5. The second kappa shape index (κ2) is 11.4. The molecule has 1 fully saturated rings. The van der Waals surface area contributed by atoms with Gasteiger partial charge in [-0.3, -0.25) is 14.9 Å². The lowest BCUT2D eigenvalue weighted by atomic mass is 10.0. The van der Waals surface area contributed by atoms with E-state index in [1.165, 1.54) is 7.11 Å². The van der Waals surface area contributed by atoms with Crippen LogP contribution in [0.3, 0.4) is 0 Å². The van der Waals surface area contributed by atoms with Crippen LogP contribution in [0.25, 0.3) is 0 Å². The lowest BCUT2D eigenvalue weighted by Crippen LogP contribution is -2.43. The molecule has 1 saturated carbocycles. The molecule has 30 heavy (non-hydrogen) atoms. The van der Waals surface area contributed by atoms with Crippen molar-refractivity contribution < 1.29 is 19.1 Å². The molecule has 0 aromatic heterocycles. The van der Waals surface area contributed by atoms with Gasteiger partial charge >= 0.3 is 0 Å². The Kier molecular flexibility index (Phi) is 8.95. The number of benzene rings is 1. The Balaban J connectivity index is 1.99. The third-order valence-corrected chi connectivity index (χ3v) is 5.07. The quantitative estimate of drug-likeness (QED) is 0.420. The molecule has 0 radical (unpaired) electrons. The number of guanidine groups is 1. The molecule has 166 valence electrons. The molecule has 0 saturated heterocycles. The number of carbonyl (C=O) groups excluding carboxylic acids is 2. The maximum atomic E-state index is 12.7. The van der Waals surface area contributed by atoms with Crippen LogP contribution in [-0.4, -0.2) is 44.1 Å². The molecule has 1 aromatic carbocycles. The zero-order valence-electron chi connectivity index (χ0n) is 18.4. The Bertz CT molecular complexity index is 758. The van der Waals surface area contributed by atoms with Crippen molar-refractivity contribution in [3.63, 3.8) is 0 Å². The zero-order valence-corrected chi connectivity index (χ0v) is 18.4. The number of rotatable bonds is 9. The molecular weight excluding hydrogens is 384 g/mol. The molecule has 0 bridgehead atoms. The fourth-order valence-electron chi connectivity index (χ4n) is 3.60. The second-order valence-electron chi connectivity index (χ2n) is 8.06. The molecule has 8 heteroatoms. The van der Waals surface area contributed by atoms with Gasteiger partial charge in [0.1, 0.15) is 6.04 Å². The summed E-state index contributed by atoms with van der Waals surface area (Å²) in [7, 11) is 3.09. The highest BCUT2D eigenvalue weighted by Crippen LogP contribution is 2.27. The first kappa shape index (κ1) is 23.5. The Morgan fingerprint density at radius 2 is 1.83 bits per heavy atom. The van der Waals surface area contributed by atoms with Crippen LogP contribution >= 0.6 is 0 Å². The van der Waals surface area contributed by atoms with E-state index in [9.17, 15) is 9.59 Å². The third-order valence-electron chi connectivity index (χ3n) is 5.07. The van der Waals surface area contributed by atoms with Crippen molar-refractivity contribution in [1.29, 1.82) is 0 Å². The normalized spacial score (nSPS) is 15.7. The van der Waals surface area contributed by atoms with E-state index in [0.717, 1.165) is 31.2 Å². The molecule has 2 rings (SSSR count). The zero-order chi connectivity index (χ0) is 22.1. The number of methoxy groups -OCH3 is 2. The van der Waals surface area contributed by atoms with Crippen molar-refractivity contribution in [2.45, 2.75) is 64.5 Å². The summed E-state index contributed by atoms with van der Waals surface area (Å²) in [5, 5.41) is 5.65. The number of aliphatic imine (C=N–C) groups is 1. The van der Waals surface area contributed by atoms with Gasteiger partial charge in [0.25, 0.3) is 0 Å². The number of hydrogen-bond acceptors (Lipinski definition) is 5. The summed E-state index contributed by atoms with van der Waals surface area (Å²) in [5.41, 5.74) is 6.69. The second-order valence-corrected chi connectivity index (χ2v) is 8.06. The van der Waals surface area contributed by atoms with Crippen molar-refractivity contribution >= 4 is 17.8 Å². The van der Waals surface area contributed by atoms with Crippen LogP contribution in [0.2, 0.25) is 0 Å². The summed E-state index contributed by atoms with van der Waals surface area (Å²) in [6.07, 6.45) is 4.93. The maximum Gasteiger partial charge on any atom is 0.245 e. The van der Waals surface area contributed by atoms with Crippen molar-refractivity contribution in [2.75, 3.05) is 14.2 Å². The van der Waals surface area contributed by atoms with E-state index in [1.807, 2.05) is 13.8 Å². The smallest absolute Gasteiger partial charge is 0.245 e. The molecule has 1 aromatic rings. The fraction of sp³-hybridized carbons (Fsp3) is 0.591. The summed E-state index contributed by atoms with van der Waals surface area (Å²) < 4.78 is 10.5. The maximum absolute atomic E-state index is 12.7. The number of nitrogens with one attached hydrogen (secondary N) is 2.